The second-order valence-corrected chi connectivity index (χ2v) is 8.03. The van der Waals surface area contributed by atoms with Gasteiger partial charge in [-0.1, -0.05) is 68.8 Å². The summed E-state index contributed by atoms with van der Waals surface area (Å²) in [6, 6.07) is 14.9. The highest BCUT2D eigenvalue weighted by molar-refractivity contribution is 5.84. The fourth-order valence-electron chi connectivity index (χ4n) is 4.20. The molecule has 32 heavy (non-hydrogen) atoms. The average Bonchev–Trinajstić information content (AvgIpc) is 3.10. The molecule has 2 atom stereocenters. The van der Waals surface area contributed by atoms with Gasteiger partial charge in [0.2, 0.25) is 5.91 Å². The topological polar surface area (TPSA) is 105 Å². The Kier molecular flexibility index (Phi) is 7.87. The first-order valence-corrected chi connectivity index (χ1v) is 11.1. The zero-order valence-electron chi connectivity index (χ0n) is 18.5. The van der Waals surface area contributed by atoms with Gasteiger partial charge < -0.3 is 20.5 Å². The Bertz CT molecular complexity index is 929. The van der Waals surface area contributed by atoms with E-state index in [4.69, 9.17) is 9.84 Å². The molecule has 0 fully saturated rings. The number of carboxylic acids is 1. The number of ether oxygens (including phenoxy) is 1. The number of carbonyl (C=O) groups is 3. The number of benzene rings is 2. The van der Waals surface area contributed by atoms with Crippen LogP contribution in [-0.4, -0.2) is 41.8 Å². The van der Waals surface area contributed by atoms with Gasteiger partial charge in [-0.25, -0.2) is 9.59 Å². The average molecular weight is 439 g/mol. The van der Waals surface area contributed by atoms with Gasteiger partial charge in [-0.2, -0.15) is 0 Å². The van der Waals surface area contributed by atoms with Gasteiger partial charge in [0, 0.05) is 18.4 Å². The first-order chi connectivity index (χ1) is 15.4. The summed E-state index contributed by atoms with van der Waals surface area (Å²) in [7, 11) is 0. The second kappa shape index (κ2) is 10.8. The maximum atomic E-state index is 12.5. The van der Waals surface area contributed by atoms with E-state index in [9.17, 15) is 14.4 Å². The number of hydrogen-bond donors (Lipinski definition) is 3. The van der Waals surface area contributed by atoms with Crippen molar-refractivity contribution in [1.82, 2.24) is 10.6 Å². The standard InChI is InChI=1S/C25H30N2O5/c1-3-9-16(14-23(28)27-22(4-2)24(29)30)26-25(31)32-15-21-19-12-7-5-10-17(19)18-11-6-8-13-20(18)21/h5-8,10-13,16,21-22H,3-4,9,14-15H2,1-2H3,(H,26,31)(H,27,28)(H,29,30)/t16?,22-/m0/s1. The Balaban J connectivity index is 1.59. The Hall–Kier alpha value is -3.35. The van der Waals surface area contributed by atoms with Crippen molar-refractivity contribution in [2.24, 2.45) is 0 Å². The van der Waals surface area contributed by atoms with E-state index in [2.05, 4.69) is 34.9 Å². The predicted octanol–water partition coefficient (Wildman–Crippen LogP) is 4.06. The molecule has 0 spiro atoms. The van der Waals surface area contributed by atoms with Crippen molar-refractivity contribution in [1.29, 1.82) is 0 Å². The number of alkyl carbamates (subject to hydrolysis) is 1. The summed E-state index contributed by atoms with van der Waals surface area (Å²) >= 11 is 0. The molecule has 0 radical (unpaired) electrons. The van der Waals surface area contributed by atoms with Crippen molar-refractivity contribution in [3.05, 3.63) is 59.7 Å². The SMILES string of the molecule is CCCC(CC(=O)N[C@@H](CC)C(=O)O)NC(=O)OCC1c2ccccc2-c2ccccc21. The Labute approximate surface area is 188 Å². The van der Waals surface area contributed by atoms with Crippen molar-refractivity contribution in [2.75, 3.05) is 6.61 Å². The maximum Gasteiger partial charge on any atom is 0.407 e. The van der Waals surface area contributed by atoms with E-state index in [0.29, 0.717) is 12.8 Å². The summed E-state index contributed by atoms with van der Waals surface area (Å²) in [5.74, 6) is -1.52. The molecule has 0 saturated heterocycles. The molecule has 1 unspecified atom stereocenters. The molecule has 7 nitrogen and oxygen atoms in total. The van der Waals surface area contributed by atoms with Crippen LogP contribution in [0.4, 0.5) is 4.79 Å². The van der Waals surface area contributed by atoms with Crippen molar-refractivity contribution in [2.45, 2.75) is 57.5 Å². The Morgan fingerprint density at radius 2 is 1.56 bits per heavy atom. The molecule has 1 aliphatic rings. The molecule has 3 rings (SSSR count). The molecule has 2 aromatic rings. The van der Waals surface area contributed by atoms with Gasteiger partial charge in [-0.3, -0.25) is 4.79 Å². The van der Waals surface area contributed by atoms with Crippen molar-refractivity contribution in [3.63, 3.8) is 0 Å². The third kappa shape index (κ3) is 5.46. The van der Waals surface area contributed by atoms with E-state index < -0.39 is 30.1 Å². The number of carbonyl (C=O) groups excluding carboxylic acids is 2. The summed E-state index contributed by atoms with van der Waals surface area (Å²) < 4.78 is 5.56. The highest BCUT2D eigenvalue weighted by atomic mass is 16.5. The van der Waals surface area contributed by atoms with Crippen LogP contribution in [0, 0.1) is 0 Å². The number of aliphatic carboxylic acids is 1. The number of hydrogen-bond acceptors (Lipinski definition) is 4. The van der Waals surface area contributed by atoms with Gasteiger partial charge in [-0.15, -0.1) is 0 Å². The molecule has 170 valence electrons. The van der Waals surface area contributed by atoms with Crippen LogP contribution in [0.15, 0.2) is 48.5 Å². The molecule has 1 aliphatic carbocycles. The molecular weight excluding hydrogens is 408 g/mol. The maximum absolute atomic E-state index is 12.5. The van der Waals surface area contributed by atoms with Crippen LogP contribution in [0.2, 0.25) is 0 Å². The van der Waals surface area contributed by atoms with Gasteiger partial charge in [0.25, 0.3) is 0 Å². The number of amides is 2. The fraction of sp³-hybridized carbons (Fsp3) is 0.400. The summed E-state index contributed by atoms with van der Waals surface area (Å²) in [6.45, 7) is 3.84. The highest BCUT2D eigenvalue weighted by Gasteiger charge is 2.29. The molecule has 0 saturated carbocycles. The van der Waals surface area contributed by atoms with Crippen LogP contribution in [0.1, 0.15) is 56.6 Å². The van der Waals surface area contributed by atoms with E-state index in [1.807, 2.05) is 31.2 Å². The summed E-state index contributed by atoms with van der Waals surface area (Å²) in [6.07, 6.45) is 1.06. The van der Waals surface area contributed by atoms with Crippen LogP contribution in [0.3, 0.4) is 0 Å². The lowest BCUT2D eigenvalue weighted by Gasteiger charge is -2.20. The van der Waals surface area contributed by atoms with Gasteiger partial charge in [-0.05, 0) is 35.1 Å². The molecule has 2 aromatic carbocycles. The van der Waals surface area contributed by atoms with E-state index >= 15 is 0 Å². The number of rotatable bonds is 10. The van der Waals surface area contributed by atoms with Crippen LogP contribution >= 0.6 is 0 Å². The minimum absolute atomic E-state index is 0.00180. The van der Waals surface area contributed by atoms with E-state index in [1.165, 1.54) is 0 Å². The van der Waals surface area contributed by atoms with E-state index in [0.717, 1.165) is 28.7 Å². The molecule has 0 bridgehead atoms. The van der Waals surface area contributed by atoms with Crippen LogP contribution in [0.25, 0.3) is 11.1 Å². The molecule has 0 heterocycles. The van der Waals surface area contributed by atoms with Gasteiger partial charge in [0.1, 0.15) is 12.6 Å². The first-order valence-electron chi connectivity index (χ1n) is 11.1. The monoisotopic (exact) mass is 438 g/mol. The quantitative estimate of drug-likeness (QED) is 0.519. The Morgan fingerprint density at radius 1 is 0.969 bits per heavy atom. The lowest BCUT2D eigenvalue weighted by molar-refractivity contribution is -0.142. The van der Waals surface area contributed by atoms with Crippen LogP contribution < -0.4 is 10.6 Å². The second-order valence-electron chi connectivity index (χ2n) is 8.03. The van der Waals surface area contributed by atoms with Crippen molar-refractivity contribution < 1.29 is 24.2 Å². The van der Waals surface area contributed by atoms with Crippen LogP contribution in [-0.2, 0) is 14.3 Å². The molecular formula is C25H30N2O5. The number of fused-ring (bicyclic) bond motifs is 3. The summed E-state index contributed by atoms with van der Waals surface area (Å²) in [5, 5.41) is 14.4. The minimum atomic E-state index is -1.07. The minimum Gasteiger partial charge on any atom is -0.480 e. The third-order valence-corrected chi connectivity index (χ3v) is 5.78. The molecule has 0 aliphatic heterocycles. The lowest BCUT2D eigenvalue weighted by Crippen LogP contribution is -2.44. The van der Waals surface area contributed by atoms with Crippen LogP contribution in [0.5, 0.6) is 0 Å². The predicted molar refractivity (Wildman–Crippen MR) is 121 cm³/mol. The Morgan fingerprint density at radius 3 is 2.09 bits per heavy atom. The van der Waals surface area contributed by atoms with Gasteiger partial charge >= 0.3 is 12.1 Å². The first kappa shape index (κ1) is 23.3. The normalized spacial score (nSPS) is 14.1. The van der Waals surface area contributed by atoms with E-state index in [-0.39, 0.29) is 18.9 Å². The van der Waals surface area contributed by atoms with Gasteiger partial charge in [0.05, 0.1) is 0 Å². The number of carboxylic acid groups (broad SMARTS) is 1. The molecule has 2 amide bonds. The molecule has 3 N–H and O–H groups in total. The van der Waals surface area contributed by atoms with E-state index in [1.54, 1.807) is 6.92 Å². The molecule has 7 heteroatoms. The fourth-order valence-corrected chi connectivity index (χ4v) is 4.20. The third-order valence-electron chi connectivity index (χ3n) is 5.78. The highest BCUT2D eigenvalue weighted by Crippen LogP contribution is 2.44. The zero-order valence-corrected chi connectivity index (χ0v) is 18.5. The van der Waals surface area contributed by atoms with Gasteiger partial charge in [0.15, 0.2) is 0 Å². The zero-order chi connectivity index (χ0) is 23.1. The van der Waals surface area contributed by atoms with Crippen molar-refractivity contribution in [3.8, 4) is 11.1 Å². The lowest BCUT2D eigenvalue weighted by atomic mass is 9.98. The summed E-state index contributed by atoms with van der Waals surface area (Å²) in [5.41, 5.74) is 4.57. The number of nitrogens with one attached hydrogen (secondary N) is 2. The smallest absolute Gasteiger partial charge is 0.407 e. The van der Waals surface area contributed by atoms with Crippen molar-refractivity contribution >= 4 is 18.0 Å². The molecule has 0 aromatic heterocycles. The largest absolute Gasteiger partial charge is 0.480 e. The summed E-state index contributed by atoms with van der Waals surface area (Å²) in [4.78, 5) is 35.9.